The number of nitrogens with one attached hydrogen (secondary N) is 3. The molecule has 0 saturated carbocycles. The van der Waals surface area contributed by atoms with E-state index in [4.69, 9.17) is 0 Å². The zero-order valence-electron chi connectivity index (χ0n) is 15.4. The van der Waals surface area contributed by atoms with Gasteiger partial charge in [0, 0.05) is 32.7 Å². The van der Waals surface area contributed by atoms with Crippen LogP contribution in [0.4, 0.5) is 4.39 Å². The van der Waals surface area contributed by atoms with E-state index >= 15 is 0 Å². The van der Waals surface area contributed by atoms with Crippen LogP contribution in [-0.2, 0) is 13.0 Å². The first-order valence-corrected chi connectivity index (χ1v) is 8.54. The Hall–Kier alpha value is -2.89. The highest BCUT2D eigenvalue weighted by Crippen LogP contribution is 2.10. The predicted octanol–water partition coefficient (Wildman–Crippen LogP) is 2.40. The first kappa shape index (κ1) is 19.4. The Labute approximate surface area is 153 Å². The molecule has 26 heavy (non-hydrogen) atoms. The molecule has 0 aromatic heterocycles. The smallest absolute Gasteiger partial charge is 0.251 e. The Kier molecular flexibility index (Phi) is 7.14. The fraction of sp³-hybridized carbons (Fsp3) is 0.300. The van der Waals surface area contributed by atoms with E-state index in [2.05, 4.69) is 20.9 Å². The molecule has 2 rings (SSSR count). The number of benzene rings is 2. The predicted molar refractivity (Wildman–Crippen MR) is 103 cm³/mol. The first-order chi connectivity index (χ1) is 12.5. The van der Waals surface area contributed by atoms with E-state index in [9.17, 15) is 9.18 Å². The van der Waals surface area contributed by atoms with Gasteiger partial charge < -0.3 is 16.0 Å². The molecule has 1 amide bonds. The van der Waals surface area contributed by atoms with Gasteiger partial charge in [-0.05, 0) is 54.3 Å². The van der Waals surface area contributed by atoms with Crippen molar-refractivity contribution >= 4 is 11.9 Å². The fourth-order valence-corrected chi connectivity index (χ4v) is 2.58. The lowest BCUT2D eigenvalue weighted by molar-refractivity contribution is 0.0963. The molecule has 0 heterocycles. The van der Waals surface area contributed by atoms with Crippen LogP contribution in [0.15, 0.2) is 47.5 Å². The summed E-state index contributed by atoms with van der Waals surface area (Å²) in [4.78, 5) is 15.7. The van der Waals surface area contributed by atoms with Gasteiger partial charge in [-0.1, -0.05) is 18.2 Å². The quantitative estimate of drug-likeness (QED) is 0.550. The number of nitrogens with zero attached hydrogens (tertiary/aromatic N) is 1. The molecule has 3 N–H and O–H groups in total. The Bertz CT molecular complexity index is 772. The van der Waals surface area contributed by atoms with Crippen LogP contribution >= 0.6 is 0 Å². The number of amides is 1. The van der Waals surface area contributed by atoms with E-state index < -0.39 is 0 Å². The number of guanidine groups is 1. The van der Waals surface area contributed by atoms with Gasteiger partial charge in [0.05, 0.1) is 0 Å². The van der Waals surface area contributed by atoms with E-state index in [0.717, 1.165) is 23.1 Å². The average molecular weight is 356 g/mol. The van der Waals surface area contributed by atoms with Gasteiger partial charge in [0.15, 0.2) is 5.96 Å². The van der Waals surface area contributed by atoms with Gasteiger partial charge in [-0.25, -0.2) is 4.39 Å². The van der Waals surface area contributed by atoms with E-state index in [0.29, 0.717) is 24.6 Å². The summed E-state index contributed by atoms with van der Waals surface area (Å²) in [7, 11) is 3.33. The number of hydrogen-bond acceptors (Lipinski definition) is 2. The summed E-state index contributed by atoms with van der Waals surface area (Å²) >= 11 is 0. The lowest BCUT2D eigenvalue weighted by Crippen LogP contribution is -2.37. The maximum Gasteiger partial charge on any atom is 0.251 e. The largest absolute Gasteiger partial charge is 0.356 e. The van der Waals surface area contributed by atoms with Gasteiger partial charge in [-0.2, -0.15) is 0 Å². The molecule has 2 aromatic carbocycles. The Balaban J connectivity index is 1.81. The topological polar surface area (TPSA) is 65.5 Å². The highest BCUT2D eigenvalue weighted by molar-refractivity contribution is 5.93. The molecule has 0 bridgehead atoms. The summed E-state index contributed by atoms with van der Waals surface area (Å²) in [6, 6.07) is 12.3. The van der Waals surface area contributed by atoms with Crippen molar-refractivity contribution in [3.63, 3.8) is 0 Å². The monoisotopic (exact) mass is 356 g/mol. The standard InChI is InChI=1S/C20H25FN4O/c1-14-12-18(21)9-8-16(14)10-11-24-20(23-3)25-13-15-4-6-17(7-5-15)19(26)22-2/h4-9,12H,10-11,13H2,1-3H3,(H,22,26)(H2,23,24,25). The Morgan fingerprint density at radius 3 is 2.46 bits per heavy atom. The van der Waals surface area contributed by atoms with Crippen molar-refractivity contribution in [2.24, 2.45) is 4.99 Å². The van der Waals surface area contributed by atoms with E-state index in [-0.39, 0.29) is 11.7 Å². The zero-order valence-corrected chi connectivity index (χ0v) is 15.4. The second kappa shape index (κ2) is 9.56. The maximum atomic E-state index is 13.1. The molecule has 0 radical (unpaired) electrons. The molecule has 6 heteroatoms. The summed E-state index contributed by atoms with van der Waals surface area (Å²) in [5, 5.41) is 9.09. The number of aryl methyl sites for hydroxylation is 1. The molecule has 0 aliphatic rings. The number of carbonyl (C=O) groups is 1. The molecular formula is C20H25FN4O. The average Bonchev–Trinajstić information content (AvgIpc) is 2.65. The van der Waals surface area contributed by atoms with Gasteiger partial charge in [-0.3, -0.25) is 9.79 Å². The molecule has 138 valence electrons. The van der Waals surface area contributed by atoms with Crippen LogP contribution in [0.1, 0.15) is 27.0 Å². The number of hydrogen-bond donors (Lipinski definition) is 3. The van der Waals surface area contributed by atoms with Gasteiger partial charge >= 0.3 is 0 Å². The minimum absolute atomic E-state index is 0.0990. The molecule has 0 saturated heterocycles. The summed E-state index contributed by atoms with van der Waals surface area (Å²) in [6.45, 7) is 3.21. The van der Waals surface area contributed by atoms with Crippen LogP contribution in [-0.4, -0.2) is 32.5 Å². The number of halogens is 1. The summed E-state index contributed by atoms with van der Waals surface area (Å²) in [5.74, 6) is 0.386. The molecule has 5 nitrogen and oxygen atoms in total. The van der Waals surface area contributed by atoms with Crippen molar-refractivity contribution in [3.8, 4) is 0 Å². The van der Waals surface area contributed by atoms with Crippen LogP contribution in [0.2, 0.25) is 0 Å². The third-order valence-electron chi connectivity index (χ3n) is 4.12. The normalized spacial score (nSPS) is 11.2. The van der Waals surface area contributed by atoms with Crippen LogP contribution in [0.5, 0.6) is 0 Å². The highest BCUT2D eigenvalue weighted by atomic mass is 19.1. The highest BCUT2D eigenvalue weighted by Gasteiger charge is 2.04. The molecule has 0 aliphatic carbocycles. The van der Waals surface area contributed by atoms with Crippen molar-refractivity contribution in [1.29, 1.82) is 0 Å². The maximum absolute atomic E-state index is 13.1. The Morgan fingerprint density at radius 1 is 1.12 bits per heavy atom. The van der Waals surface area contributed by atoms with Crippen molar-refractivity contribution < 1.29 is 9.18 Å². The molecule has 0 spiro atoms. The SMILES string of the molecule is CN=C(NCCc1ccc(F)cc1C)NCc1ccc(C(=O)NC)cc1. The van der Waals surface area contributed by atoms with Crippen molar-refractivity contribution in [3.05, 3.63) is 70.5 Å². The molecule has 2 aromatic rings. The lowest BCUT2D eigenvalue weighted by Gasteiger charge is -2.13. The number of rotatable bonds is 6. The number of aliphatic imine (C=N–C) groups is 1. The van der Waals surface area contributed by atoms with E-state index in [1.165, 1.54) is 6.07 Å². The molecule has 0 aliphatic heterocycles. The fourth-order valence-electron chi connectivity index (χ4n) is 2.58. The molecule has 0 unspecified atom stereocenters. The van der Waals surface area contributed by atoms with Gasteiger partial charge in [0.1, 0.15) is 5.82 Å². The number of carbonyl (C=O) groups excluding carboxylic acids is 1. The van der Waals surface area contributed by atoms with E-state index in [1.807, 2.05) is 25.1 Å². The summed E-state index contributed by atoms with van der Waals surface area (Å²) in [6.07, 6.45) is 0.785. The van der Waals surface area contributed by atoms with Crippen LogP contribution < -0.4 is 16.0 Å². The third-order valence-corrected chi connectivity index (χ3v) is 4.12. The minimum atomic E-state index is -0.209. The van der Waals surface area contributed by atoms with Crippen molar-refractivity contribution in [2.45, 2.75) is 19.9 Å². The van der Waals surface area contributed by atoms with Gasteiger partial charge in [-0.15, -0.1) is 0 Å². The molecule has 0 fully saturated rings. The molecule has 0 atom stereocenters. The summed E-state index contributed by atoms with van der Waals surface area (Å²) < 4.78 is 13.1. The van der Waals surface area contributed by atoms with Crippen LogP contribution in [0.3, 0.4) is 0 Å². The minimum Gasteiger partial charge on any atom is -0.356 e. The Morgan fingerprint density at radius 2 is 1.85 bits per heavy atom. The van der Waals surface area contributed by atoms with E-state index in [1.54, 1.807) is 32.3 Å². The van der Waals surface area contributed by atoms with Crippen molar-refractivity contribution in [2.75, 3.05) is 20.6 Å². The van der Waals surface area contributed by atoms with Crippen LogP contribution in [0, 0.1) is 12.7 Å². The van der Waals surface area contributed by atoms with Gasteiger partial charge in [0.2, 0.25) is 0 Å². The van der Waals surface area contributed by atoms with Crippen molar-refractivity contribution in [1.82, 2.24) is 16.0 Å². The lowest BCUT2D eigenvalue weighted by atomic mass is 10.1. The zero-order chi connectivity index (χ0) is 18.9. The second-order valence-electron chi connectivity index (χ2n) is 5.95. The van der Waals surface area contributed by atoms with Gasteiger partial charge in [0.25, 0.3) is 5.91 Å². The second-order valence-corrected chi connectivity index (χ2v) is 5.95. The molecular weight excluding hydrogens is 331 g/mol. The van der Waals surface area contributed by atoms with Crippen LogP contribution in [0.25, 0.3) is 0 Å². The first-order valence-electron chi connectivity index (χ1n) is 8.54. The summed E-state index contributed by atoms with van der Waals surface area (Å²) in [5.41, 5.74) is 3.74. The third kappa shape index (κ3) is 5.58.